The average Bonchev–Trinajstić information content (AvgIpc) is 2.57. The first-order valence-electron chi connectivity index (χ1n) is 6.31. The molecule has 0 aliphatic carbocycles. The number of aldehydes is 1. The summed E-state index contributed by atoms with van der Waals surface area (Å²) < 4.78 is 11.5. The van der Waals surface area contributed by atoms with Gasteiger partial charge in [0.25, 0.3) is 0 Å². The van der Waals surface area contributed by atoms with Gasteiger partial charge >= 0.3 is 0 Å². The summed E-state index contributed by atoms with van der Waals surface area (Å²) >= 11 is 0. The molecule has 1 aliphatic heterocycles. The molecule has 1 saturated heterocycles. The summed E-state index contributed by atoms with van der Waals surface area (Å²) in [5, 5.41) is 0. The lowest BCUT2D eigenvalue weighted by molar-refractivity contribution is -0.160. The zero-order valence-electron chi connectivity index (χ0n) is 10.7. The molecule has 0 spiro atoms. The van der Waals surface area contributed by atoms with Crippen LogP contribution in [0.15, 0.2) is 0 Å². The minimum atomic E-state index is -0.414. The van der Waals surface area contributed by atoms with Crippen LogP contribution < -0.4 is 0 Å². The van der Waals surface area contributed by atoms with Gasteiger partial charge in [-0.25, -0.2) is 0 Å². The molecule has 3 heteroatoms. The molecule has 1 aliphatic rings. The van der Waals surface area contributed by atoms with E-state index in [9.17, 15) is 4.79 Å². The standard InChI is InChI=1S/C13H24O3/c1-11(2)6-4-8-13(3)15-10-12(16-13)7-5-9-14/h9,11-12H,4-8,10H2,1-3H3. The Labute approximate surface area is 98.5 Å². The van der Waals surface area contributed by atoms with Crippen LogP contribution in [-0.4, -0.2) is 24.8 Å². The Morgan fingerprint density at radius 2 is 2.25 bits per heavy atom. The van der Waals surface area contributed by atoms with Crippen molar-refractivity contribution in [2.45, 2.75) is 64.8 Å². The average molecular weight is 228 g/mol. The second-order valence-electron chi connectivity index (χ2n) is 5.21. The van der Waals surface area contributed by atoms with Gasteiger partial charge in [-0.05, 0) is 25.7 Å². The summed E-state index contributed by atoms with van der Waals surface area (Å²) in [4.78, 5) is 10.3. The van der Waals surface area contributed by atoms with Crippen molar-refractivity contribution in [2.75, 3.05) is 6.61 Å². The van der Waals surface area contributed by atoms with E-state index in [1.54, 1.807) is 0 Å². The summed E-state index contributed by atoms with van der Waals surface area (Å²) in [5.41, 5.74) is 0. The third kappa shape index (κ3) is 4.62. The van der Waals surface area contributed by atoms with Crippen molar-refractivity contribution < 1.29 is 14.3 Å². The summed E-state index contributed by atoms with van der Waals surface area (Å²) in [6, 6.07) is 0. The van der Waals surface area contributed by atoms with E-state index in [0.717, 1.165) is 31.5 Å². The van der Waals surface area contributed by atoms with Crippen molar-refractivity contribution >= 4 is 6.29 Å². The van der Waals surface area contributed by atoms with Crippen LogP contribution in [0.1, 0.15) is 52.9 Å². The van der Waals surface area contributed by atoms with Gasteiger partial charge in [0.1, 0.15) is 6.29 Å². The van der Waals surface area contributed by atoms with Gasteiger partial charge in [-0.2, -0.15) is 0 Å². The molecule has 0 aromatic carbocycles. The van der Waals surface area contributed by atoms with Gasteiger partial charge in [0, 0.05) is 12.8 Å². The molecule has 2 atom stereocenters. The van der Waals surface area contributed by atoms with Crippen LogP contribution in [0.5, 0.6) is 0 Å². The van der Waals surface area contributed by atoms with E-state index in [-0.39, 0.29) is 6.10 Å². The lowest BCUT2D eigenvalue weighted by Gasteiger charge is -2.23. The summed E-state index contributed by atoms with van der Waals surface area (Å²) in [6.45, 7) is 7.09. The summed E-state index contributed by atoms with van der Waals surface area (Å²) in [7, 11) is 0. The van der Waals surface area contributed by atoms with Gasteiger partial charge in [0.2, 0.25) is 0 Å². The van der Waals surface area contributed by atoms with Gasteiger partial charge in [-0.15, -0.1) is 0 Å². The Hall–Kier alpha value is -0.410. The molecule has 2 unspecified atom stereocenters. The number of hydrogen-bond donors (Lipinski definition) is 0. The lowest BCUT2D eigenvalue weighted by Crippen LogP contribution is -2.26. The predicted molar refractivity (Wildman–Crippen MR) is 63.2 cm³/mol. The maximum absolute atomic E-state index is 10.3. The normalized spacial score (nSPS) is 29.9. The van der Waals surface area contributed by atoms with Gasteiger partial charge < -0.3 is 14.3 Å². The molecule has 0 N–H and O–H groups in total. The van der Waals surface area contributed by atoms with Crippen molar-refractivity contribution in [3.8, 4) is 0 Å². The first kappa shape index (κ1) is 13.7. The molecule has 0 radical (unpaired) electrons. The van der Waals surface area contributed by atoms with Gasteiger partial charge in [-0.3, -0.25) is 0 Å². The fourth-order valence-corrected chi connectivity index (χ4v) is 2.05. The molecule has 0 amide bonds. The number of ether oxygens (including phenoxy) is 2. The zero-order chi connectivity index (χ0) is 12.0. The van der Waals surface area contributed by atoms with Crippen LogP contribution in [0, 0.1) is 5.92 Å². The molecular weight excluding hydrogens is 204 g/mol. The monoisotopic (exact) mass is 228 g/mol. The predicted octanol–water partition coefficient (Wildman–Crippen LogP) is 2.92. The van der Waals surface area contributed by atoms with E-state index in [4.69, 9.17) is 9.47 Å². The molecular formula is C13H24O3. The fraction of sp³-hybridized carbons (Fsp3) is 0.923. The molecule has 0 saturated carbocycles. The topological polar surface area (TPSA) is 35.5 Å². The van der Waals surface area contributed by atoms with E-state index >= 15 is 0 Å². The maximum Gasteiger partial charge on any atom is 0.166 e. The van der Waals surface area contributed by atoms with E-state index in [2.05, 4.69) is 13.8 Å². The molecule has 1 rings (SSSR count). The molecule has 1 fully saturated rings. The number of carbonyl (C=O) groups is 1. The molecule has 94 valence electrons. The zero-order valence-corrected chi connectivity index (χ0v) is 10.7. The molecule has 16 heavy (non-hydrogen) atoms. The second-order valence-corrected chi connectivity index (χ2v) is 5.21. The van der Waals surface area contributed by atoms with Crippen molar-refractivity contribution in [3.63, 3.8) is 0 Å². The van der Waals surface area contributed by atoms with Crippen LogP contribution in [0.2, 0.25) is 0 Å². The van der Waals surface area contributed by atoms with Gasteiger partial charge in [0.05, 0.1) is 12.7 Å². The maximum atomic E-state index is 10.3. The van der Waals surface area contributed by atoms with E-state index in [1.165, 1.54) is 6.42 Å². The minimum Gasteiger partial charge on any atom is -0.348 e. The quantitative estimate of drug-likeness (QED) is 0.628. The third-order valence-corrected chi connectivity index (χ3v) is 3.01. The summed E-state index contributed by atoms with van der Waals surface area (Å²) in [6.07, 6.45) is 5.68. The molecule has 0 aromatic heterocycles. The lowest BCUT2D eigenvalue weighted by atomic mass is 10.0. The number of hydrogen-bond acceptors (Lipinski definition) is 3. The molecule has 0 bridgehead atoms. The SMILES string of the molecule is CC(C)CCCC1(C)OCC(CCC=O)O1. The van der Waals surface area contributed by atoms with Gasteiger partial charge in [-0.1, -0.05) is 20.3 Å². The van der Waals surface area contributed by atoms with Gasteiger partial charge in [0.15, 0.2) is 5.79 Å². The Kier molecular flexibility index (Phi) is 5.42. The third-order valence-electron chi connectivity index (χ3n) is 3.01. The van der Waals surface area contributed by atoms with E-state index in [0.29, 0.717) is 13.0 Å². The Balaban J connectivity index is 2.23. The molecule has 1 heterocycles. The number of rotatable bonds is 7. The van der Waals surface area contributed by atoms with E-state index < -0.39 is 5.79 Å². The first-order valence-corrected chi connectivity index (χ1v) is 6.31. The first-order chi connectivity index (χ1) is 7.56. The molecule has 0 aromatic rings. The highest BCUT2D eigenvalue weighted by Gasteiger charge is 2.36. The van der Waals surface area contributed by atoms with Crippen LogP contribution in [0.3, 0.4) is 0 Å². The number of carbonyl (C=O) groups excluding carboxylic acids is 1. The van der Waals surface area contributed by atoms with Crippen LogP contribution >= 0.6 is 0 Å². The van der Waals surface area contributed by atoms with Crippen LogP contribution in [0.4, 0.5) is 0 Å². The Morgan fingerprint density at radius 3 is 2.88 bits per heavy atom. The summed E-state index contributed by atoms with van der Waals surface area (Å²) in [5.74, 6) is 0.318. The highest BCUT2D eigenvalue weighted by Crippen LogP contribution is 2.30. The van der Waals surface area contributed by atoms with Crippen molar-refractivity contribution in [3.05, 3.63) is 0 Å². The second kappa shape index (κ2) is 6.36. The van der Waals surface area contributed by atoms with E-state index in [1.807, 2.05) is 6.92 Å². The van der Waals surface area contributed by atoms with Crippen molar-refractivity contribution in [1.82, 2.24) is 0 Å². The van der Waals surface area contributed by atoms with Crippen LogP contribution in [0.25, 0.3) is 0 Å². The van der Waals surface area contributed by atoms with Crippen molar-refractivity contribution in [2.24, 2.45) is 5.92 Å². The van der Waals surface area contributed by atoms with Crippen molar-refractivity contribution in [1.29, 1.82) is 0 Å². The highest BCUT2D eigenvalue weighted by molar-refractivity contribution is 5.49. The largest absolute Gasteiger partial charge is 0.348 e. The fourth-order valence-electron chi connectivity index (χ4n) is 2.05. The highest BCUT2D eigenvalue weighted by atomic mass is 16.7. The molecule has 3 nitrogen and oxygen atoms in total. The Morgan fingerprint density at radius 1 is 1.50 bits per heavy atom. The minimum absolute atomic E-state index is 0.106. The smallest absolute Gasteiger partial charge is 0.166 e. The van der Waals surface area contributed by atoms with Crippen LogP contribution in [-0.2, 0) is 14.3 Å². The Bertz CT molecular complexity index is 215.